The second kappa shape index (κ2) is 4.65. The third kappa shape index (κ3) is 2.30. The molecule has 0 bridgehead atoms. The first-order chi connectivity index (χ1) is 6.77. The molecule has 2 nitrogen and oxygen atoms in total. The Morgan fingerprint density at radius 1 is 1.07 bits per heavy atom. The molecule has 1 amide bonds. The molecular weight excluding hydrogens is 242 g/mol. The lowest BCUT2D eigenvalue weighted by atomic mass is 9.84. The van der Waals surface area contributed by atoms with E-state index in [9.17, 15) is 4.79 Å². The monoisotopic (exact) mass is 259 g/mol. The predicted molar refractivity (Wildman–Crippen MR) is 60.5 cm³/mol. The molecule has 3 heteroatoms. The molecule has 2 saturated carbocycles. The van der Waals surface area contributed by atoms with Gasteiger partial charge in [0.2, 0.25) is 5.91 Å². The van der Waals surface area contributed by atoms with E-state index in [2.05, 4.69) is 21.2 Å². The molecule has 0 saturated heterocycles. The first-order valence-corrected chi connectivity index (χ1v) is 6.63. The minimum atomic E-state index is 0.299. The number of hydrogen-bond acceptors (Lipinski definition) is 1. The molecule has 0 aromatic carbocycles. The van der Waals surface area contributed by atoms with Gasteiger partial charge in [-0.15, -0.1) is 0 Å². The molecule has 2 aliphatic rings. The van der Waals surface area contributed by atoms with Crippen LogP contribution in [0, 0.1) is 5.92 Å². The van der Waals surface area contributed by atoms with Crippen LogP contribution in [0.1, 0.15) is 44.9 Å². The van der Waals surface area contributed by atoms with E-state index in [0.717, 1.165) is 19.3 Å². The predicted octanol–water partition coefficient (Wildman–Crippen LogP) is 2.61. The second-order valence-corrected chi connectivity index (χ2v) is 5.72. The summed E-state index contributed by atoms with van der Waals surface area (Å²) in [5.74, 6) is 0.629. The van der Waals surface area contributed by atoms with Gasteiger partial charge >= 0.3 is 0 Å². The summed E-state index contributed by atoms with van der Waals surface area (Å²) in [6.45, 7) is 0. The molecule has 0 heterocycles. The Hall–Kier alpha value is -0.0500. The zero-order valence-electron chi connectivity index (χ0n) is 8.47. The summed E-state index contributed by atoms with van der Waals surface area (Å²) in [5.41, 5.74) is 0. The van der Waals surface area contributed by atoms with Crippen molar-refractivity contribution in [2.45, 2.75) is 55.8 Å². The summed E-state index contributed by atoms with van der Waals surface area (Å²) < 4.78 is 0. The third-order valence-electron chi connectivity index (χ3n) is 3.49. The van der Waals surface area contributed by atoms with Gasteiger partial charge in [-0.05, 0) is 25.7 Å². The van der Waals surface area contributed by atoms with Crippen molar-refractivity contribution in [3.63, 3.8) is 0 Å². The fourth-order valence-electron chi connectivity index (χ4n) is 2.22. The van der Waals surface area contributed by atoms with Crippen molar-refractivity contribution >= 4 is 21.8 Å². The third-order valence-corrected chi connectivity index (χ3v) is 4.58. The maximum absolute atomic E-state index is 11.7. The number of nitrogens with one attached hydrogen (secondary N) is 1. The summed E-state index contributed by atoms with van der Waals surface area (Å²) >= 11 is 3.66. The van der Waals surface area contributed by atoms with Crippen LogP contribution in [-0.4, -0.2) is 16.8 Å². The lowest BCUT2D eigenvalue weighted by molar-refractivity contribution is -0.128. The van der Waals surface area contributed by atoms with Crippen molar-refractivity contribution in [2.75, 3.05) is 0 Å². The summed E-state index contributed by atoms with van der Waals surface area (Å²) in [6, 6.07) is 0.386. The van der Waals surface area contributed by atoms with Crippen LogP contribution in [-0.2, 0) is 4.79 Å². The lowest BCUT2D eigenvalue weighted by Crippen LogP contribution is -2.46. The standard InChI is InChI=1S/C11H18BrNO/c12-9-6-1-2-7-10(9)13-11(14)8-4-3-5-8/h8-10H,1-7H2,(H,13,14). The van der Waals surface area contributed by atoms with Gasteiger partial charge in [0.05, 0.1) is 0 Å². The number of hydrogen-bond donors (Lipinski definition) is 1. The van der Waals surface area contributed by atoms with Gasteiger partial charge in [-0.1, -0.05) is 35.2 Å². The summed E-state index contributed by atoms with van der Waals surface area (Å²) in [4.78, 5) is 12.2. The van der Waals surface area contributed by atoms with Gasteiger partial charge < -0.3 is 5.32 Å². The van der Waals surface area contributed by atoms with E-state index in [1.54, 1.807) is 0 Å². The molecule has 0 aromatic rings. The minimum absolute atomic E-state index is 0.299. The van der Waals surface area contributed by atoms with Crippen molar-refractivity contribution < 1.29 is 4.79 Å². The number of alkyl halides is 1. The molecule has 2 fully saturated rings. The van der Waals surface area contributed by atoms with Gasteiger partial charge in [-0.3, -0.25) is 4.79 Å². The average Bonchev–Trinajstić information content (AvgIpc) is 2.05. The first-order valence-electron chi connectivity index (χ1n) is 5.72. The van der Waals surface area contributed by atoms with Gasteiger partial charge in [0.25, 0.3) is 0 Å². The van der Waals surface area contributed by atoms with E-state index in [0.29, 0.717) is 22.7 Å². The smallest absolute Gasteiger partial charge is 0.223 e. The van der Waals surface area contributed by atoms with Crippen molar-refractivity contribution in [1.29, 1.82) is 0 Å². The maximum atomic E-state index is 11.7. The highest BCUT2D eigenvalue weighted by molar-refractivity contribution is 9.09. The van der Waals surface area contributed by atoms with Crippen molar-refractivity contribution in [3.8, 4) is 0 Å². The zero-order valence-corrected chi connectivity index (χ0v) is 10.1. The van der Waals surface area contributed by atoms with Gasteiger partial charge in [0.15, 0.2) is 0 Å². The molecule has 0 spiro atoms. The van der Waals surface area contributed by atoms with Crippen molar-refractivity contribution in [2.24, 2.45) is 5.92 Å². The molecule has 0 aliphatic heterocycles. The Labute approximate surface area is 94.0 Å². The van der Waals surface area contributed by atoms with E-state index in [1.165, 1.54) is 25.7 Å². The van der Waals surface area contributed by atoms with Gasteiger partial charge in [-0.25, -0.2) is 0 Å². The summed E-state index contributed by atoms with van der Waals surface area (Å²) in [6.07, 6.45) is 8.35. The van der Waals surface area contributed by atoms with E-state index >= 15 is 0 Å². The van der Waals surface area contributed by atoms with Crippen LogP contribution in [0.5, 0.6) is 0 Å². The zero-order chi connectivity index (χ0) is 9.97. The maximum Gasteiger partial charge on any atom is 0.223 e. The number of carbonyl (C=O) groups excluding carboxylic acids is 1. The highest BCUT2D eigenvalue weighted by Gasteiger charge is 2.30. The number of carbonyl (C=O) groups is 1. The van der Waals surface area contributed by atoms with Gasteiger partial charge in [0, 0.05) is 16.8 Å². The molecule has 2 unspecified atom stereocenters. The van der Waals surface area contributed by atoms with Crippen LogP contribution >= 0.6 is 15.9 Å². The van der Waals surface area contributed by atoms with Crippen LogP contribution in [0.4, 0.5) is 0 Å². The van der Waals surface area contributed by atoms with Gasteiger partial charge in [0.1, 0.15) is 0 Å². The molecule has 2 atom stereocenters. The highest BCUT2D eigenvalue weighted by Crippen LogP contribution is 2.28. The van der Waals surface area contributed by atoms with Crippen LogP contribution in [0.3, 0.4) is 0 Å². The van der Waals surface area contributed by atoms with Crippen LogP contribution in [0.2, 0.25) is 0 Å². The molecule has 80 valence electrons. The molecular formula is C11H18BrNO. The first kappa shape index (κ1) is 10.5. The Bertz CT molecular complexity index is 215. The topological polar surface area (TPSA) is 29.1 Å². The molecule has 0 aromatic heterocycles. The molecule has 14 heavy (non-hydrogen) atoms. The number of rotatable bonds is 2. The highest BCUT2D eigenvalue weighted by atomic mass is 79.9. The summed E-state index contributed by atoms with van der Waals surface area (Å²) in [5, 5.41) is 3.18. The fraction of sp³-hybridized carbons (Fsp3) is 0.909. The quantitative estimate of drug-likeness (QED) is 0.760. The van der Waals surface area contributed by atoms with Gasteiger partial charge in [-0.2, -0.15) is 0 Å². The van der Waals surface area contributed by atoms with Crippen molar-refractivity contribution in [3.05, 3.63) is 0 Å². The number of halogens is 1. The second-order valence-electron chi connectivity index (χ2n) is 4.54. The molecule has 2 aliphatic carbocycles. The average molecular weight is 260 g/mol. The van der Waals surface area contributed by atoms with E-state index < -0.39 is 0 Å². The Morgan fingerprint density at radius 2 is 1.79 bits per heavy atom. The lowest BCUT2D eigenvalue weighted by Gasteiger charge is -2.32. The van der Waals surface area contributed by atoms with Crippen LogP contribution in [0.15, 0.2) is 0 Å². The summed E-state index contributed by atoms with van der Waals surface area (Å²) in [7, 11) is 0. The fourth-order valence-corrected chi connectivity index (χ4v) is 2.94. The molecule has 0 radical (unpaired) electrons. The van der Waals surface area contributed by atoms with Crippen LogP contribution < -0.4 is 5.32 Å². The van der Waals surface area contributed by atoms with E-state index in [-0.39, 0.29) is 0 Å². The minimum Gasteiger partial charge on any atom is -0.352 e. The molecule has 2 rings (SSSR count). The normalized spacial score (nSPS) is 33.5. The largest absolute Gasteiger partial charge is 0.352 e. The molecule has 1 N–H and O–H groups in total. The SMILES string of the molecule is O=C(NC1CCCCC1Br)C1CCC1. The van der Waals surface area contributed by atoms with E-state index in [1.807, 2.05) is 0 Å². The Kier molecular flexibility index (Phi) is 3.47. The van der Waals surface area contributed by atoms with E-state index in [4.69, 9.17) is 0 Å². The Morgan fingerprint density at radius 3 is 2.36 bits per heavy atom. The van der Waals surface area contributed by atoms with Crippen molar-refractivity contribution in [1.82, 2.24) is 5.32 Å². The number of amides is 1. The Balaban J connectivity index is 1.79. The van der Waals surface area contributed by atoms with Crippen LogP contribution in [0.25, 0.3) is 0 Å².